The molecule has 0 radical (unpaired) electrons. The Hall–Kier alpha value is -1.59. The van der Waals surface area contributed by atoms with E-state index in [1.54, 1.807) is 24.3 Å². The second-order valence-corrected chi connectivity index (χ2v) is 4.97. The molecule has 2 rings (SSSR count). The number of benzene rings is 1. The number of amidine groups is 1. The molecule has 6 heteroatoms. The number of nitrogens with two attached hydrogens (primary N) is 1. The standard InChI is InChI=1S/C12H9ClFN3S/c13-8-2-4-11(17-6-8)18-10-3-1-7(12(15)16)5-9(10)14/h1-6H,(H3,15,16). The molecule has 0 saturated carbocycles. The van der Waals surface area contributed by atoms with E-state index >= 15 is 0 Å². The van der Waals surface area contributed by atoms with E-state index in [0.717, 1.165) is 0 Å². The van der Waals surface area contributed by atoms with Crippen LogP contribution >= 0.6 is 23.4 Å². The topological polar surface area (TPSA) is 62.8 Å². The van der Waals surface area contributed by atoms with Crippen LogP contribution in [0, 0.1) is 11.2 Å². The molecule has 3 nitrogen and oxygen atoms in total. The smallest absolute Gasteiger partial charge is 0.137 e. The maximum Gasteiger partial charge on any atom is 0.137 e. The fraction of sp³-hybridized carbons (Fsp3) is 0. The minimum Gasteiger partial charge on any atom is -0.384 e. The quantitative estimate of drug-likeness (QED) is 0.670. The molecular weight excluding hydrogens is 273 g/mol. The maximum atomic E-state index is 13.7. The molecule has 0 amide bonds. The zero-order chi connectivity index (χ0) is 13.1. The van der Waals surface area contributed by atoms with E-state index in [-0.39, 0.29) is 5.84 Å². The van der Waals surface area contributed by atoms with E-state index in [2.05, 4.69) is 4.98 Å². The maximum absolute atomic E-state index is 13.7. The summed E-state index contributed by atoms with van der Waals surface area (Å²) in [6, 6.07) is 7.82. The summed E-state index contributed by atoms with van der Waals surface area (Å²) in [4.78, 5) is 4.50. The van der Waals surface area contributed by atoms with Gasteiger partial charge in [-0.05, 0) is 30.3 Å². The highest BCUT2D eigenvalue weighted by Crippen LogP contribution is 2.29. The number of pyridine rings is 1. The monoisotopic (exact) mass is 281 g/mol. The van der Waals surface area contributed by atoms with Crippen molar-refractivity contribution >= 4 is 29.2 Å². The van der Waals surface area contributed by atoms with E-state index in [4.69, 9.17) is 22.7 Å². The summed E-state index contributed by atoms with van der Waals surface area (Å²) in [5, 5.41) is 8.41. The van der Waals surface area contributed by atoms with Crippen LogP contribution in [0.1, 0.15) is 5.56 Å². The number of nitrogen functional groups attached to an aromatic ring is 1. The minimum absolute atomic E-state index is 0.157. The highest BCUT2D eigenvalue weighted by atomic mass is 35.5. The van der Waals surface area contributed by atoms with Crippen LogP contribution in [0.3, 0.4) is 0 Å². The first kappa shape index (κ1) is 12.9. The molecule has 92 valence electrons. The molecule has 0 aliphatic heterocycles. The van der Waals surface area contributed by atoms with E-state index in [1.807, 2.05) is 0 Å². The number of nitrogens with one attached hydrogen (secondary N) is 1. The van der Waals surface area contributed by atoms with E-state index in [0.29, 0.717) is 20.5 Å². The van der Waals surface area contributed by atoms with Crippen molar-refractivity contribution in [2.75, 3.05) is 0 Å². The zero-order valence-corrected chi connectivity index (χ0v) is 10.7. The van der Waals surface area contributed by atoms with Crippen LogP contribution in [0.2, 0.25) is 5.02 Å². The molecule has 0 atom stereocenters. The van der Waals surface area contributed by atoms with Crippen LogP contribution in [0.5, 0.6) is 0 Å². The van der Waals surface area contributed by atoms with Gasteiger partial charge in [0.25, 0.3) is 0 Å². The lowest BCUT2D eigenvalue weighted by atomic mass is 10.2. The van der Waals surface area contributed by atoms with Gasteiger partial charge in [0.05, 0.1) is 5.02 Å². The van der Waals surface area contributed by atoms with Gasteiger partial charge in [-0.15, -0.1) is 0 Å². The number of nitrogens with zero attached hydrogens (tertiary/aromatic N) is 1. The van der Waals surface area contributed by atoms with Crippen molar-refractivity contribution < 1.29 is 4.39 Å². The Kier molecular flexibility index (Phi) is 3.84. The average molecular weight is 282 g/mol. The molecule has 2 aromatic rings. The third-order valence-corrected chi connectivity index (χ3v) is 3.38. The van der Waals surface area contributed by atoms with Crippen molar-refractivity contribution in [3.8, 4) is 0 Å². The van der Waals surface area contributed by atoms with Gasteiger partial charge in [-0.25, -0.2) is 9.37 Å². The normalized spacial score (nSPS) is 10.3. The SMILES string of the molecule is N=C(N)c1ccc(Sc2ccc(Cl)cn2)c(F)c1. The first-order valence-corrected chi connectivity index (χ1v) is 6.19. The summed E-state index contributed by atoms with van der Waals surface area (Å²) >= 11 is 6.91. The summed E-state index contributed by atoms with van der Waals surface area (Å²) in [7, 11) is 0. The summed E-state index contributed by atoms with van der Waals surface area (Å²) < 4.78 is 13.7. The first-order valence-electron chi connectivity index (χ1n) is 4.99. The number of hydrogen-bond donors (Lipinski definition) is 2. The van der Waals surface area contributed by atoms with Crippen LogP contribution in [0.25, 0.3) is 0 Å². The molecule has 1 heterocycles. The van der Waals surface area contributed by atoms with Crippen LogP contribution in [-0.4, -0.2) is 10.8 Å². The Bertz CT molecular complexity index is 586. The van der Waals surface area contributed by atoms with Crippen LogP contribution in [0.4, 0.5) is 4.39 Å². The lowest BCUT2D eigenvalue weighted by Gasteiger charge is -2.04. The van der Waals surface area contributed by atoms with E-state index < -0.39 is 5.82 Å². The summed E-state index contributed by atoms with van der Waals surface area (Å²) in [5.74, 6) is -0.584. The lowest BCUT2D eigenvalue weighted by molar-refractivity contribution is 0.601. The Labute approximate surface area is 113 Å². The summed E-state index contributed by atoms with van der Waals surface area (Å²) in [6.07, 6.45) is 1.51. The predicted octanol–water partition coefficient (Wildman–Crippen LogP) is 3.31. The van der Waals surface area contributed by atoms with Crippen LogP contribution in [-0.2, 0) is 0 Å². The van der Waals surface area contributed by atoms with Gasteiger partial charge in [0, 0.05) is 16.7 Å². The van der Waals surface area contributed by atoms with Crippen molar-refractivity contribution in [1.29, 1.82) is 5.41 Å². The molecule has 0 saturated heterocycles. The largest absolute Gasteiger partial charge is 0.384 e. The van der Waals surface area contributed by atoms with Gasteiger partial charge in [0.2, 0.25) is 0 Å². The number of rotatable bonds is 3. The number of hydrogen-bond acceptors (Lipinski definition) is 3. The predicted molar refractivity (Wildman–Crippen MR) is 70.8 cm³/mol. The summed E-state index contributed by atoms with van der Waals surface area (Å²) in [5.41, 5.74) is 5.65. The Balaban J connectivity index is 2.24. The van der Waals surface area contributed by atoms with Crippen LogP contribution in [0.15, 0.2) is 46.5 Å². The zero-order valence-electron chi connectivity index (χ0n) is 9.15. The highest BCUT2D eigenvalue weighted by Gasteiger charge is 2.07. The summed E-state index contributed by atoms with van der Waals surface area (Å²) in [6.45, 7) is 0. The van der Waals surface area contributed by atoms with Gasteiger partial charge in [-0.3, -0.25) is 5.41 Å². The first-order chi connectivity index (χ1) is 8.56. The second kappa shape index (κ2) is 5.37. The molecule has 0 fully saturated rings. The molecule has 1 aromatic carbocycles. The van der Waals surface area contributed by atoms with Crippen molar-refractivity contribution in [2.45, 2.75) is 9.92 Å². The average Bonchev–Trinajstić information content (AvgIpc) is 2.34. The molecular formula is C12H9ClFN3S. The third kappa shape index (κ3) is 3.00. The molecule has 3 N–H and O–H groups in total. The van der Waals surface area contributed by atoms with Gasteiger partial charge >= 0.3 is 0 Å². The molecule has 0 unspecified atom stereocenters. The number of halogens is 2. The van der Waals surface area contributed by atoms with Gasteiger partial charge in [0.15, 0.2) is 0 Å². The molecule has 0 spiro atoms. The van der Waals surface area contributed by atoms with Crippen molar-refractivity contribution in [2.24, 2.45) is 5.73 Å². The molecule has 1 aromatic heterocycles. The lowest BCUT2D eigenvalue weighted by Crippen LogP contribution is -2.11. The minimum atomic E-state index is -0.426. The third-order valence-electron chi connectivity index (χ3n) is 2.16. The fourth-order valence-electron chi connectivity index (χ4n) is 1.29. The highest BCUT2D eigenvalue weighted by molar-refractivity contribution is 7.99. The van der Waals surface area contributed by atoms with E-state index in [9.17, 15) is 4.39 Å². The van der Waals surface area contributed by atoms with Gasteiger partial charge in [-0.1, -0.05) is 23.4 Å². The van der Waals surface area contributed by atoms with Gasteiger partial charge in [0.1, 0.15) is 16.7 Å². The molecule has 0 aliphatic carbocycles. The van der Waals surface area contributed by atoms with Crippen molar-refractivity contribution in [3.63, 3.8) is 0 Å². The Morgan fingerprint density at radius 1 is 1.33 bits per heavy atom. The fourth-order valence-corrected chi connectivity index (χ4v) is 2.16. The Morgan fingerprint density at radius 2 is 2.11 bits per heavy atom. The molecule has 0 aliphatic rings. The van der Waals surface area contributed by atoms with Gasteiger partial charge in [-0.2, -0.15) is 0 Å². The molecule has 18 heavy (non-hydrogen) atoms. The molecule has 0 bridgehead atoms. The van der Waals surface area contributed by atoms with Crippen LogP contribution < -0.4 is 5.73 Å². The van der Waals surface area contributed by atoms with Crippen molar-refractivity contribution in [3.05, 3.63) is 52.9 Å². The number of aromatic nitrogens is 1. The Morgan fingerprint density at radius 3 is 2.67 bits per heavy atom. The second-order valence-electron chi connectivity index (χ2n) is 3.48. The van der Waals surface area contributed by atoms with E-state index in [1.165, 1.54) is 24.0 Å². The van der Waals surface area contributed by atoms with Gasteiger partial charge < -0.3 is 5.73 Å². The van der Waals surface area contributed by atoms with Crippen molar-refractivity contribution in [1.82, 2.24) is 4.98 Å².